The van der Waals surface area contributed by atoms with Crippen molar-refractivity contribution in [3.05, 3.63) is 52.9 Å². The predicted molar refractivity (Wildman–Crippen MR) is 119 cm³/mol. The number of methoxy groups -OCH3 is 1. The summed E-state index contributed by atoms with van der Waals surface area (Å²) in [4.78, 5) is 17.0. The molecule has 0 radical (unpaired) electrons. The average Bonchev–Trinajstić information content (AvgIpc) is 3.31. The summed E-state index contributed by atoms with van der Waals surface area (Å²) < 4.78 is 7.52. The van der Waals surface area contributed by atoms with Crippen molar-refractivity contribution in [1.82, 2.24) is 19.7 Å². The van der Waals surface area contributed by atoms with Crippen LogP contribution in [0.25, 0.3) is 17.5 Å². The summed E-state index contributed by atoms with van der Waals surface area (Å²) in [5.74, 6) is 1.08. The molecule has 8 heteroatoms. The van der Waals surface area contributed by atoms with E-state index in [9.17, 15) is 10.1 Å². The van der Waals surface area contributed by atoms with Crippen LogP contribution in [0.5, 0.6) is 5.75 Å². The zero-order valence-corrected chi connectivity index (χ0v) is 18.4. The highest BCUT2D eigenvalue weighted by atomic mass is 16.5. The van der Waals surface area contributed by atoms with Crippen molar-refractivity contribution in [3.63, 3.8) is 0 Å². The summed E-state index contributed by atoms with van der Waals surface area (Å²) in [6.07, 6.45) is 1.60. The lowest BCUT2D eigenvalue weighted by Crippen LogP contribution is -2.14. The number of H-pyrrole nitrogens is 1. The van der Waals surface area contributed by atoms with Crippen molar-refractivity contribution in [1.29, 1.82) is 5.26 Å². The van der Waals surface area contributed by atoms with E-state index in [1.54, 1.807) is 13.2 Å². The normalized spacial score (nSPS) is 11.5. The van der Waals surface area contributed by atoms with Gasteiger partial charge in [-0.3, -0.25) is 15.2 Å². The monoisotopic (exact) mass is 418 g/mol. The molecule has 0 atom stereocenters. The van der Waals surface area contributed by atoms with Crippen LogP contribution in [-0.2, 0) is 11.3 Å². The van der Waals surface area contributed by atoms with Gasteiger partial charge in [0.2, 0.25) is 5.95 Å². The van der Waals surface area contributed by atoms with E-state index in [1.165, 1.54) is 0 Å². The first-order valence-electron chi connectivity index (χ1n) is 9.99. The third-order valence-corrected chi connectivity index (χ3v) is 4.90. The van der Waals surface area contributed by atoms with Gasteiger partial charge in [0.15, 0.2) is 5.82 Å². The summed E-state index contributed by atoms with van der Waals surface area (Å²) in [6, 6.07) is 11.3. The number of aromatic amines is 1. The number of aromatic nitrogens is 4. The molecule has 3 rings (SSSR count). The lowest BCUT2D eigenvalue weighted by Gasteiger charge is -2.12. The minimum Gasteiger partial charge on any atom is -0.496 e. The van der Waals surface area contributed by atoms with Crippen molar-refractivity contribution in [2.24, 2.45) is 5.92 Å². The first-order chi connectivity index (χ1) is 14.8. The number of hydrogen-bond donors (Lipinski definition) is 2. The second-order valence-electron chi connectivity index (χ2n) is 7.66. The van der Waals surface area contributed by atoms with Gasteiger partial charge in [-0.25, -0.2) is 0 Å². The number of carbonyl (C=O) groups excluding carboxylic acids is 1. The molecule has 0 bridgehead atoms. The first kappa shape index (κ1) is 21.8. The predicted octanol–water partition coefficient (Wildman–Crippen LogP) is 4.10. The maximum atomic E-state index is 12.7. The molecular weight excluding hydrogens is 392 g/mol. The van der Waals surface area contributed by atoms with Crippen molar-refractivity contribution in [3.8, 4) is 23.2 Å². The topological polar surface area (TPSA) is 109 Å². The number of para-hydroxylation sites is 1. The number of nitriles is 1. The largest absolute Gasteiger partial charge is 0.496 e. The molecule has 2 heterocycles. The van der Waals surface area contributed by atoms with Crippen molar-refractivity contribution in [2.75, 3.05) is 12.4 Å². The molecule has 2 N–H and O–H groups in total. The summed E-state index contributed by atoms with van der Waals surface area (Å²) in [5.41, 5.74) is 3.64. The molecule has 160 valence electrons. The third kappa shape index (κ3) is 4.83. The number of anilines is 1. The van der Waals surface area contributed by atoms with Crippen LogP contribution in [-0.4, -0.2) is 32.8 Å². The number of hydrogen-bond acceptors (Lipinski definition) is 5. The van der Waals surface area contributed by atoms with E-state index in [-0.39, 0.29) is 11.5 Å². The summed E-state index contributed by atoms with van der Waals surface area (Å²) in [6.45, 7) is 9.19. The number of carbonyl (C=O) groups is 1. The van der Waals surface area contributed by atoms with Crippen molar-refractivity contribution in [2.45, 2.75) is 34.2 Å². The highest BCUT2D eigenvalue weighted by Crippen LogP contribution is 2.27. The molecule has 0 aliphatic heterocycles. The molecular formula is C23H26N6O2. The van der Waals surface area contributed by atoms with Crippen LogP contribution in [0.2, 0.25) is 0 Å². The molecule has 0 saturated heterocycles. The van der Waals surface area contributed by atoms with E-state index in [2.05, 4.69) is 38.9 Å². The fraction of sp³-hybridized carbons (Fsp3) is 0.304. The Bertz CT molecular complexity index is 1160. The Morgan fingerprint density at radius 3 is 2.77 bits per heavy atom. The standard InChI is InChI=1S/C23H26N6O2/c1-14(2)13-29-15(3)10-17(16(29)4)11-18(12-24)22(30)26-23-25-21(27-28-23)19-8-6-7-9-20(19)31-5/h6-11,14H,13H2,1-5H3,(H2,25,26,27,28,30)/b18-11+. The Labute approximate surface area is 181 Å². The van der Waals surface area contributed by atoms with Crippen LogP contribution in [0.15, 0.2) is 35.9 Å². The lowest BCUT2D eigenvalue weighted by atomic mass is 10.1. The fourth-order valence-electron chi connectivity index (χ4n) is 3.37. The number of benzene rings is 1. The van der Waals surface area contributed by atoms with Crippen LogP contribution >= 0.6 is 0 Å². The zero-order chi connectivity index (χ0) is 22.5. The van der Waals surface area contributed by atoms with E-state index in [1.807, 2.05) is 50.2 Å². The second-order valence-corrected chi connectivity index (χ2v) is 7.66. The summed E-state index contributed by atoms with van der Waals surface area (Å²) in [5, 5.41) is 19.0. The molecule has 1 amide bonds. The zero-order valence-electron chi connectivity index (χ0n) is 18.4. The molecule has 0 fully saturated rings. The minimum atomic E-state index is -0.568. The molecule has 2 aromatic heterocycles. The molecule has 0 spiro atoms. The molecule has 8 nitrogen and oxygen atoms in total. The highest BCUT2D eigenvalue weighted by molar-refractivity contribution is 6.09. The van der Waals surface area contributed by atoms with Gasteiger partial charge in [-0.15, -0.1) is 5.10 Å². The Kier molecular flexibility index (Phi) is 6.55. The number of rotatable bonds is 7. The van der Waals surface area contributed by atoms with Gasteiger partial charge >= 0.3 is 0 Å². The number of ether oxygens (including phenoxy) is 1. The summed E-state index contributed by atoms with van der Waals surface area (Å²) in [7, 11) is 1.57. The van der Waals surface area contributed by atoms with Gasteiger partial charge in [0, 0.05) is 17.9 Å². The van der Waals surface area contributed by atoms with Crippen molar-refractivity contribution < 1.29 is 9.53 Å². The number of nitrogens with zero attached hydrogens (tertiary/aromatic N) is 4. The number of aryl methyl sites for hydroxylation is 1. The Morgan fingerprint density at radius 1 is 1.35 bits per heavy atom. The molecule has 3 aromatic rings. The molecule has 0 aliphatic rings. The van der Waals surface area contributed by atoms with Gasteiger partial charge < -0.3 is 9.30 Å². The SMILES string of the molecule is COc1ccccc1-c1nc(NC(=O)/C(C#N)=C/c2cc(C)n(CC(C)C)c2C)n[nH]1. The van der Waals surface area contributed by atoms with Crippen LogP contribution in [0, 0.1) is 31.1 Å². The van der Waals surface area contributed by atoms with E-state index in [0.717, 1.165) is 23.5 Å². The molecule has 31 heavy (non-hydrogen) atoms. The highest BCUT2D eigenvalue weighted by Gasteiger charge is 2.16. The number of nitrogens with one attached hydrogen (secondary N) is 2. The van der Waals surface area contributed by atoms with E-state index >= 15 is 0 Å². The van der Waals surface area contributed by atoms with Crippen molar-refractivity contribution >= 4 is 17.9 Å². The fourth-order valence-corrected chi connectivity index (χ4v) is 3.37. The van der Waals surface area contributed by atoms with Gasteiger partial charge in [0.25, 0.3) is 5.91 Å². The Morgan fingerprint density at radius 2 is 2.10 bits per heavy atom. The molecule has 1 aromatic carbocycles. The van der Waals surface area contributed by atoms with E-state index in [0.29, 0.717) is 23.1 Å². The molecule has 0 aliphatic carbocycles. The van der Waals surface area contributed by atoms with Gasteiger partial charge in [-0.2, -0.15) is 10.2 Å². The Balaban J connectivity index is 1.82. The van der Waals surface area contributed by atoms with Gasteiger partial charge in [-0.05, 0) is 49.6 Å². The van der Waals surface area contributed by atoms with Crippen LogP contribution in [0.4, 0.5) is 5.95 Å². The average molecular weight is 419 g/mol. The molecule has 0 saturated carbocycles. The minimum absolute atomic E-state index is 0.0200. The Hall–Kier alpha value is -3.86. The second kappa shape index (κ2) is 9.30. The smallest absolute Gasteiger partial charge is 0.268 e. The maximum Gasteiger partial charge on any atom is 0.268 e. The first-order valence-corrected chi connectivity index (χ1v) is 9.99. The van der Waals surface area contributed by atoms with Crippen LogP contribution < -0.4 is 10.1 Å². The van der Waals surface area contributed by atoms with Gasteiger partial charge in [0.05, 0.1) is 12.7 Å². The van der Waals surface area contributed by atoms with Gasteiger partial charge in [-0.1, -0.05) is 26.0 Å². The van der Waals surface area contributed by atoms with Crippen LogP contribution in [0.3, 0.4) is 0 Å². The lowest BCUT2D eigenvalue weighted by molar-refractivity contribution is -0.112. The maximum absolute atomic E-state index is 12.7. The summed E-state index contributed by atoms with van der Waals surface area (Å²) >= 11 is 0. The van der Waals surface area contributed by atoms with E-state index in [4.69, 9.17) is 4.74 Å². The third-order valence-electron chi connectivity index (χ3n) is 4.90. The quantitative estimate of drug-likeness (QED) is 0.443. The van der Waals surface area contributed by atoms with E-state index < -0.39 is 5.91 Å². The number of amides is 1. The van der Waals surface area contributed by atoms with Gasteiger partial charge in [0.1, 0.15) is 17.4 Å². The molecule has 0 unspecified atom stereocenters. The van der Waals surface area contributed by atoms with Crippen LogP contribution in [0.1, 0.15) is 30.8 Å².